The molecule has 1 N–H and O–H groups in total. The van der Waals surface area contributed by atoms with E-state index in [0.717, 1.165) is 40.0 Å². The van der Waals surface area contributed by atoms with Crippen LogP contribution in [0.4, 0.5) is 5.69 Å². The monoisotopic (exact) mass is 631 g/mol. The van der Waals surface area contributed by atoms with E-state index in [0.29, 0.717) is 10.7 Å². The zero-order chi connectivity index (χ0) is 28.0. The molecule has 7 nitrogen and oxygen atoms in total. The first kappa shape index (κ1) is 29.1. The fourth-order valence-corrected chi connectivity index (χ4v) is 6.44. The molecule has 206 valence electrons. The van der Waals surface area contributed by atoms with Gasteiger partial charge < -0.3 is 10.2 Å². The first-order valence-corrected chi connectivity index (χ1v) is 15.4. The maximum Gasteiger partial charge on any atom is 0.264 e. The van der Waals surface area contributed by atoms with Crippen LogP contribution in [-0.2, 0) is 26.2 Å². The van der Waals surface area contributed by atoms with Crippen molar-refractivity contribution in [2.24, 2.45) is 0 Å². The van der Waals surface area contributed by atoms with Crippen LogP contribution in [0.1, 0.15) is 38.2 Å². The van der Waals surface area contributed by atoms with Crippen molar-refractivity contribution in [2.45, 2.75) is 56.1 Å². The molecule has 0 heterocycles. The number of benzene rings is 3. The lowest BCUT2D eigenvalue weighted by Crippen LogP contribution is -2.52. The van der Waals surface area contributed by atoms with E-state index in [1.807, 2.05) is 0 Å². The van der Waals surface area contributed by atoms with Gasteiger partial charge in [0, 0.05) is 22.1 Å². The number of halogens is 2. The normalized spacial score (nSPS) is 14.5. The average molecular weight is 633 g/mol. The van der Waals surface area contributed by atoms with Crippen LogP contribution < -0.4 is 9.62 Å². The molecule has 4 rings (SSSR count). The summed E-state index contributed by atoms with van der Waals surface area (Å²) in [6.07, 6.45) is 3.95. The highest BCUT2D eigenvalue weighted by Gasteiger charge is 2.33. The van der Waals surface area contributed by atoms with Gasteiger partial charge in [-0.05, 0) is 73.9 Å². The van der Waals surface area contributed by atoms with Crippen molar-refractivity contribution in [1.29, 1.82) is 0 Å². The van der Waals surface area contributed by atoms with Gasteiger partial charge >= 0.3 is 0 Å². The molecule has 0 saturated heterocycles. The topological polar surface area (TPSA) is 86.8 Å². The number of amides is 2. The number of hydrogen-bond acceptors (Lipinski definition) is 4. The van der Waals surface area contributed by atoms with Gasteiger partial charge in [-0.2, -0.15) is 0 Å². The Morgan fingerprint density at radius 2 is 1.59 bits per heavy atom. The molecule has 1 aliphatic carbocycles. The van der Waals surface area contributed by atoms with Crippen LogP contribution in [0.5, 0.6) is 0 Å². The standard InChI is InChI=1S/C29H31BrClN3O4S/c1-21(29(36)32-25-7-5-6-8-25)33(19-22-11-15-24(31)16-12-22)28(35)20-34(26-17-13-23(30)14-18-26)39(37,38)27-9-3-2-4-10-27/h2-4,9-18,21,25H,5-8,19-20H2,1H3,(H,32,36). The van der Waals surface area contributed by atoms with Crippen molar-refractivity contribution in [1.82, 2.24) is 10.2 Å². The van der Waals surface area contributed by atoms with Gasteiger partial charge in [0.2, 0.25) is 11.8 Å². The van der Waals surface area contributed by atoms with E-state index >= 15 is 0 Å². The van der Waals surface area contributed by atoms with E-state index in [2.05, 4.69) is 21.2 Å². The largest absolute Gasteiger partial charge is 0.352 e. The van der Waals surface area contributed by atoms with E-state index in [1.54, 1.807) is 73.7 Å². The van der Waals surface area contributed by atoms with Gasteiger partial charge in [-0.25, -0.2) is 8.42 Å². The molecule has 39 heavy (non-hydrogen) atoms. The third kappa shape index (κ3) is 7.41. The van der Waals surface area contributed by atoms with Crippen LogP contribution in [0.15, 0.2) is 88.2 Å². The summed E-state index contributed by atoms with van der Waals surface area (Å²) < 4.78 is 29.4. The summed E-state index contributed by atoms with van der Waals surface area (Å²) in [6, 6.07) is 21.0. The Balaban J connectivity index is 1.66. The quantitative estimate of drug-likeness (QED) is 0.307. The minimum Gasteiger partial charge on any atom is -0.352 e. The van der Waals surface area contributed by atoms with Crippen LogP contribution in [-0.4, -0.2) is 43.8 Å². The summed E-state index contributed by atoms with van der Waals surface area (Å²) in [6.45, 7) is 1.32. The minimum atomic E-state index is -4.09. The molecule has 1 fully saturated rings. The van der Waals surface area contributed by atoms with E-state index < -0.39 is 28.5 Å². The van der Waals surface area contributed by atoms with Gasteiger partial charge in [-0.1, -0.05) is 70.7 Å². The predicted octanol–water partition coefficient (Wildman–Crippen LogP) is 5.77. The molecule has 0 bridgehead atoms. The first-order chi connectivity index (χ1) is 18.6. The molecule has 0 radical (unpaired) electrons. The van der Waals surface area contributed by atoms with Crippen LogP contribution in [0, 0.1) is 0 Å². The average Bonchev–Trinajstić information content (AvgIpc) is 3.45. The number of sulfonamides is 1. The maximum atomic E-state index is 13.9. The van der Waals surface area contributed by atoms with Gasteiger partial charge in [-0.3, -0.25) is 13.9 Å². The van der Waals surface area contributed by atoms with Crippen LogP contribution in [0.2, 0.25) is 5.02 Å². The number of anilines is 1. The van der Waals surface area contributed by atoms with Gasteiger partial charge in [0.15, 0.2) is 0 Å². The SMILES string of the molecule is CC(C(=O)NC1CCCC1)N(Cc1ccc(Cl)cc1)C(=O)CN(c1ccc(Br)cc1)S(=O)(=O)c1ccccc1. The Morgan fingerprint density at radius 1 is 0.974 bits per heavy atom. The number of hydrogen-bond donors (Lipinski definition) is 1. The molecule has 3 aromatic carbocycles. The number of rotatable bonds is 10. The van der Waals surface area contributed by atoms with Crippen molar-refractivity contribution in [3.05, 3.63) is 93.9 Å². The van der Waals surface area contributed by atoms with Crippen molar-refractivity contribution < 1.29 is 18.0 Å². The van der Waals surface area contributed by atoms with Crippen molar-refractivity contribution in [2.75, 3.05) is 10.8 Å². The van der Waals surface area contributed by atoms with E-state index in [4.69, 9.17) is 11.6 Å². The molecule has 1 unspecified atom stereocenters. The van der Waals surface area contributed by atoms with Gasteiger partial charge in [-0.15, -0.1) is 0 Å². The molecule has 10 heteroatoms. The number of carbonyl (C=O) groups is 2. The highest BCUT2D eigenvalue weighted by molar-refractivity contribution is 9.10. The van der Waals surface area contributed by atoms with E-state index in [1.165, 1.54) is 17.0 Å². The Labute approximate surface area is 243 Å². The lowest BCUT2D eigenvalue weighted by atomic mass is 10.1. The molecule has 3 aromatic rings. The third-order valence-corrected chi connectivity index (χ3v) is 9.43. The summed E-state index contributed by atoms with van der Waals surface area (Å²) in [7, 11) is -4.09. The molecule has 0 aliphatic heterocycles. The predicted molar refractivity (Wildman–Crippen MR) is 157 cm³/mol. The van der Waals surface area contributed by atoms with E-state index in [-0.39, 0.29) is 23.4 Å². The smallest absolute Gasteiger partial charge is 0.264 e. The van der Waals surface area contributed by atoms with Gasteiger partial charge in [0.1, 0.15) is 12.6 Å². The Hall–Kier alpha value is -2.88. The summed E-state index contributed by atoms with van der Waals surface area (Å²) in [4.78, 5) is 28.7. The second-order valence-corrected chi connectivity index (χ2v) is 12.8. The molecular formula is C29H31BrClN3O4S. The summed E-state index contributed by atoms with van der Waals surface area (Å²) >= 11 is 9.43. The van der Waals surface area contributed by atoms with Crippen molar-refractivity contribution in [3.8, 4) is 0 Å². The maximum absolute atomic E-state index is 13.9. The Bertz CT molecular complexity index is 1380. The molecule has 1 saturated carbocycles. The molecule has 2 amide bonds. The van der Waals surface area contributed by atoms with Crippen molar-refractivity contribution in [3.63, 3.8) is 0 Å². The lowest BCUT2D eigenvalue weighted by Gasteiger charge is -2.32. The van der Waals surface area contributed by atoms with Crippen LogP contribution in [0.3, 0.4) is 0 Å². The molecular weight excluding hydrogens is 602 g/mol. The summed E-state index contributed by atoms with van der Waals surface area (Å²) in [5.74, 6) is -0.758. The van der Waals surface area contributed by atoms with Crippen LogP contribution in [0.25, 0.3) is 0 Å². The second kappa shape index (κ2) is 13.0. The molecule has 1 aliphatic rings. The third-order valence-electron chi connectivity index (χ3n) is 6.86. The first-order valence-electron chi connectivity index (χ1n) is 12.8. The van der Waals surface area contributed by atoms with Crippen molar-refractivity contribution >= 4 is 55.1 Å². The Morgan fingerprint density at radius 3 is 2.21 bits per heavy atom. The zero-order valence-corrected chi connectivity index (χ0v) is 24.8. The minimum absolute atomic E-state index is 0.0667. The number of carbonyl (C=O) groups excluding carboxylic acids is 2. The summed E-state index contributed by atoms with van der Waals surface area (Å²) in [5, 5.41) is 3.62. The highest BCUT2D eigenvalue weighted by atomic mass is 79.9. The Kier molecular flexibility index (Phi) is 9.69. The van der Waals surface area contributed by atoms with Gasteiger partial charge in [0.25, 0.3) is 10.0 Å². The van der Waals surface area contributed by atoms with Crippen LogP contribution >= 0.6 is 27.5 Å². The highest BCUT2D eigenvalue weighted by Crippen LogP contribution is 2.26. The second-order valence-electron chi connectivity index (χ2n) is 9.62. The number of nitrogens with zero attached hydrogens (tertiary/aromatic N) is 2. The molecule has 1 atom stereocenters. The zero-order valence-electron chi connectivity index (χ0n) is 21.6. The van der Waals surface area contributed by atoms with Gasteiger partial charge in [0.05, 0.1) is 10.6 Å². The molecule has 0 spiro atoms. The van der Waals surface area contributed by atoms with E-state index in [9.17, 15) is 18.0 Å². The number of nitrogens with one attached hydrogen (secondary N) is 1. The molecule has 0 aromatic heterocycles. The fraction of sp³-hybridized carbons (Fsp3) is 0.310. The summed E-state index contributed by atoms with van der Waals surface area (Å²) in [5.41, 5.74) is 1.11. The lowest BCUT2D eigenvalue weighted by molar-refractivity contribution is -0.139. The fourth-order valence-electron chi connectivity index (χ4n) is 4.62.